The van der Waals surface area contributed by atoms with Crippen LogP contribution in [0.5, 0.6) is 0 Å². The highest BCUT2D eigenvalue weighted by Gasteiger charge is 2.24. The van der Waals surface area contributed by atoms with E-state index in [0.29, 0.717) is 0 Å². The molecular weight excluding hydrogens is 206 g/mol. The molecular formula is C8H16BrNO. The van der Waals surface area contributed by atoms with Crippen LogP contribution < -0.4 is 0 Å². The third-order valence-corrected chi connectivity index (χ3v) is 2.07. The fourth-order valence-corrected chi connectivity index (χ4v) is 0.905. The van der Waals surface area contributed by atoms with Gasteiger partial charge in [0.1, 0.15) is 0 Å². The third-order valence-electron chi connectivity index (χ3n) is 1.68. The average Bonchev–Trinajstić information content (AvgIpc) is 1.82. The van der Waals surface area contributed by atoms with Crippen molar-refractivity contribution in [1.29, 1.82) is 0 Å². The summed E-state index contributed by atoms with van der Waals surface area (Å²) in [5.41, 5.74) is -0.0842. The fraction of sp³-hybridized carbons (Fsp3) is 0.875. The largest absolute Gasteiger partial charge is 0.340 e. The average molecular weight is 222 g/mol. The van der Waals surface area contributed by atoms with Crippen LogP contribution in [0.1, 0.15) is 27.7 Å². The van der Waals surface area contributed by atoms with Gasteiger partial charge in [0.25, 0.3) is 0 Å². The van der Waals surface area contributed by atoms with E-state index in [2.05, 4.69) is 15.9 Å². The molecule has 0 fully saturated rings. The van der Waals surface area contributed by atoms with Gasteiger partial charge in [-0.1, -0.05) is 15.9 Å². The van der Waals surface area contributed by atoms with Gasteiger partial charge in [0.2, 0.25) is 5.91 Å². The molecule has 0 heterocycles. The number of hydrogen-bond donors (Lipinski definition) is 0. The Morgan fingerprint density at radius 1 is 1.45 bits per heavy atom. The van der Waals surface area contributed by atoms with E-state index in [-0.39, 0.29) is 16.3 Å². The van der Waals surface area contributed by atoms with Crippen molar-refractivity contribution in [3.8, 4) is 0 Å². The molecule has 11 heavy (non-hydrogen) atoms. The molecule has 0 rings (SSSR count). The number of hydrogen-bond acceptors (Lipinski definition) is 1. The summed E-state index contributed by atoms with van der Waals surface area (Å²) in [5, 5.41) is 0. The van der Waals surface area contributed by atoms with Crippen LogP contribution in [0.2, 0.25) is 0 Å². The predicted molar refractivity (Wildman–Crippen MR) is 50.9 cm³/mol. The van der Waals surface area contributed by atoms with E-state index < -0.39 is 0 Å². The molecule has 0 radical (unpaired) electrons. The number of carbonyl (C=O) groups is 1. The Balaban J connectivity index is 4.26. The Kier molecular flexibility index (Phi) is 3.55. The SMILES string of the molecule is CC(Br)C(=O)N(C)C(C)(C)C. The van der Waals surface area contributed by atoms with Crippen LogP contribution in [0.15, 0.2) is 0 Å². The van der Waals surface area contributed by atoms with Crippen LogP contribution in [0.3, 0.4) is 0 Å². The fourth-order valence-electron chi connectivity index (χ4n) is 0.597. The molecule has 0 N–H and O–H groups in total. The van der Waals surface area contributed by atoms with Gasteiger partial charge in [0.15, 0.2) is 0 Å². The lowest BCUT2D eigenvalue weighted by Crippen LogP contribution is -2.45. The quantitative estimate of drug-likeness (QED) is 0.621. The van der Waals surface area contributed by atoms with Gasteiger partial charge in [0.05, 0.1) is 4.83 Å². The van der Waals surface area contributed by atoms with Crippen molar-refractivity contribution in [2.45, 2.75) is 38.1 Å². The number of halogens is 1. The van der Waals surface area contributed by atoms with Gasteiger partial charge >= 0.3 is 0 Å². The number of nitrogens with zero attached hydrogens (tertiary/aromatic N) is 1. The zero-order valence-corrected chi connectivity index (χ0v) is 9.40. The molecule has 0 aromatic rings. The van der Waals surface area contributed by atoms with Gasteiger partial charge < -0.3 is 4.90 Å². The van der Waals surface area contributed by atoms with E-state index in [4.69, 9.17) is 0 Å². The molecule has 2 nitrogen and oxygen atoms in total. The number of rotatable bonds is 1. The Morgan fingerprint density at radius 3 is 1.91 bits per heavy atom. The summed E-state index contributed by atoms with van der Waals surface area (Å²) < 4.78 is 0. The Morgan fingerprint density at radius 2 is 1.82 bits per heavy atom. The van der Waals surface area contributed by atoms with Gasteiger partial charge in [0, 0.05) is 12.6 Å². The van der Waals surface area contributed by atoms with Crippen molar-refractivity contribution >= 4 is 21.8 Å². The first kappa shape index (κ1) is 11.0. The molecule has 1 amide bonds. The minimum absolute atomic E-state index is 0.0842. The molecule has 0 aliphatic heterocycles. The topological polar surface area (TPSA) is 20.3 Å². The lowest BCUT2D eigenvalue weighted by Gasteiger charge is -2.32. The highest BCUT2D eigenvalue weighted by atomic mass is 79.9. The molecule has 0 aromatic carbocycles. The Labute approximate surface area is 77.1 Å². The molecule has 0 saturated heterocycles. The summed E-state index contributed by atoms with van der Waals surface area (Å²) in [6, 6.07) is 0. The van der Waals surface area contributed by atoms with Gasteiger partial charge in [-0.3, -0.25) is 4.79 Å². The zero-order chi connectivity index (χ0) is 9.23. The first-order valence-corrected chi connectivity index (χ1v) is 4.60. The van der Waals surface area contributed by atoms with Crippen LogP contribution in [0, 0.1) is 0 Å². The molecule has 3 heteroatoms. The smallest absolute Gasteiger partial charge is 0.236 e. The minimum atomic E-state index is -0.0910. The molecule has 0 spiro atoms. The van der Waals surface area contributed by atoms with E-state index in [0.717, 1.165) is 0 Å². The van der Waals surface area contributed by atoms with Crippen molar-refractivity contribution in [3.05, 3.63) is 0 Å². The predicted octanol–water partition coefficient (Wildman–Crippen LogP) is 2.03. The second kappa shape index (κ2) is 3.57. The summed E-state index contributed by atoms with van der Waals surface area (Å²) in [4.78, 5) is 13.0. The second-order valence-corrected chi connectivity index (χ2v) is 5.06. The maximum atomic E-state index is 11.4. The monoisotopic (exact) mass is 221 g/mol. The van der Waals surface area contributed by atoms with E-state index in [1.54, 1.807) is 4.90 Å². The molecule has 0 bridgehead atoms. The highest BCUT2D eigenvalue weighted by Crippen LogP contribution is 2.14. The molecule has 66 valence electrons. The van der Waals surface area contributed by atoms with Gasteiger partial charge in [-0.25, -0.2) is 0 Å². The van der Waals surface area contributed by atoms with Crippen LogP contribution in [-0.4, -0.2) is 28.2 Å². The molecule has 1 unspecified atom stereocenters. The van der Waals surface area contributed by atoms with Gasteiger partial charge in [-0.05, 0) is 27.7 Å². The summed E-state index contributed by atoms with van der Waals surface area (Å²) in [6.45, 7) is 7.88. The molecule has 0 aliphatic carbocycles. The summed E-state index contributed by atoms with van der Waals surface area (Å²) in [7, 11) is 1.82. The maximum Gasteiger partial charge on any atom is 0.236 e. The molecule has 1 atom stereocenters. The van der Waals surface area contributed by atoms with Crippen molar-refractivity contribution < 1.29 is 4.79 Å². The second-order valence-electron chi connectivity index (χ2n) is 3.68. The van der Waals surface area contributed by atoms with Crippen molar-refractivity contribution in [1.82, 2.24) is 4.90 Å². The first-order valence-electron chi connectivity index (χ1n) is 3.68. The first-order chi connectivity index (χ1) is 4.76. The summed E-state index contributed by atoms with van der Waals surface area (Å²) in [6.07, 6.45) is 0. The van der Waals surface area contributed by atoms with Crippen molar-refractivity contribution in [3.63, 3.8) is 0 Å². The maximum absolute atomic E-state index is 11.4. The number of carbonyl (C=O) groups excluding carboxylic acids is 1. The van der Waals surface area contributed by atoms with Crippen LogP contribution >= 0.6 is 15.9 Å². The minimum Gasteiger partial charge on any atom is -0.340 e. The van der Waals surface area contributed by atoms with Crippen molar-refractivity contribution in [2.24, 2.45) is 0 Å². The Hall–Kier alpha value is -0.0500. The van der Waals surface area contributed by atoms with E-state index in [1.807, 2.05) is 34.7 Å². The zero-order valence-electron chi connectivity index (χ0n) is 7.81. The summed E-state index contributed by atoms with van der Waals surface area (Å²) >= 11 is 3.24. The van der Waals surface area contributed by atoms with Crippen LogP contribution in [-0.2, 0) is 4.79 Å². The van der Waals surface area contributed by atoms with E-state index in [9.17, 15) is 4.79 Å². The normalized spacial score (nSPS) is 14.4. The summed E-state index contributed by atoms with van der Waals surface area (Å²) in [5.74, 6) is 0.123. The number of amides is 1. The standard InChI is InChI=1S/C8H16BrNO/c1-6(9)7(11)10(5)8(2,3)4/h6H,1-5H3. The molecule has 0 aliphatic rings. The van der Waals surface area contributed by atoms with E-state index in [1.165, 1.54) is 0 Å². The van der Waals surface area contributed by atoms with Gasteiger partial charge in [-0.2, -0.15) is 0 Å². The molecule has 0 saturated carbocycles. The van der Waals surface area contributed by atoms with Gasteiger partial charge in [-0.15, -0.1) is 0 Å². The van der Waals surface area contributed by atoms with Crippen molar-refractivity contribution in [2.75, 3.05) is 7.05 Å². The Bertz CT molecular complexity index is 149. The van der Waals surface area contributed by atoms with Crippen LogP contribution in [0.25, 0.3) is 0 Å². The lowest BCUT2D eigenvalue weighted by molar-refractivity contribution is -0.132. The molecule has 0 aromatic heterocycles. The van der Waals surface area contributed by atoms with E-state index >= 15 is 0 Å². The third kappa shape index (κ3) is 3.23. The highest BCUT2D eigenvalue weighted by molar-refractivity contribution is 9.10. The van der Waals surface area contributed by atoms with Crippen LogP contribution in [0.4, 0.5) is 0 Å². The number of alkyl halides is 1. The lowest BCUT2D eigenvalue weighted by atomic mass is 10.1.